The monoisotopic (exact) mass is 580 g/mol. The number of anilines is 3. The van der Waals surface area contributed by atoms with Crippen molar-refractivity contribution in [2.75, 3.05) is 61.6 Å². The Morgan fingerprint density at radius 2 is 1.75 bits per heavy atom. The Morgan fingerprint density at radius 3 is 2.38 bits per heavy atom. The van der Waals surface area contributed by atoms with Crippen LogP contribution in [0.3, 0.4) is 0 Å². The summed E-state index contributed by atoms with van der Waals surface area (Å²) in [6, 6.07) is 4.49. The lowest BCUT2D eigenvalue weighted by Crippen LogP contribution is -2.40. The van der Waals surface area contributed by atoms with Crippen LogP contribution in [0.5, 0.6) is 5.75 Å². The normalized spacial score (nSPS) is 19.9. The highest BCUT2D eigenvalue weighted by Crippen LogP contribution is 2.54. The minimum Gasteiger partial charge on any atom is -0.493 e. The van der Waals surface area contributed by atoms with E-state index in [2.05, 4.69) is 20.0 Å². The van der Waals surface area contributed by atoms with Gasteiger partial charge in [-0.15, -0.1) is 0 Å². The molecule has 4 heterocycles. The number of carbonyl (C=O) groups excluding carboxylic acids is 1. The molecule has 40 heavy (non-hydrogen) atoms. The number of piperidine rings is 2. The number of nitrogens with zero attached hydrogens (tertiary/aromatic N) is 4. The van der Waals surface area contributed by atoms with E-state index in [9.17, 15) is 22.0 Å². The van der Waals surface area contributed by atoms with E-state index < -0.39 is 21.9 Å². The van der Waals surface area contributed by atoms with Crippen molar-refractivity contribution in [1.82, 2.24) is 14.7 Å². The zero-order valence-electron chi connectivity index (χ0n) is 22.3. The third-order valence-electron chi connectivity index (χ3n) is 7.99. The summed E-state index contributed by atoms with van der Waals surface area (Å²) >= 11 is 0. The number of methoxy groups -OCH3 is 1. The second-order valence-electron chi connectivity index (χ2n) is 10.7. The van der Waals surface area contributed by atoms with Crippen LogP contribution in [0.25, 0.3) is 0 Å². The summed E-state index contributed by atoms with van der Waals surface area (Å²) in [4.78, 5) is 25.6. The van der Waals surface area contributed by atoms with Gasteiger partial charge in [0.15, 0.2) is 16.6 Å². The van der Waals surface area contributed by atoms with Crippen LogP contribution in [0.1, 0.15) is 49.0 Å². The molecule has 218 valence electrons. The molecule has 0 unspecified atom stereocenters. The molecule has 3 fully saturated rings. The quantitative estimate of drug-likeness (QED) is 0.409. The molecule has 2 saturated heterocycles. The number of sulfonamides is 1. The average Bonchev–Trinajstić information content (AvgIpc) is 3.70. The molecule has 2 aliphatic heterocycles. The van der Waals surface area contributed by atoms with E-state index in [1.807, 2.05) is 4.90 Å². The van der Waals surface area contributed by atoms with Crippen LogP contribution < -0.4 is 24.6 Å². The highest BCUT2D eigenvalue weighted by atomic mass is 32.2. The summed E-state index contributed by atoms with van der Waals surface area (Å²) < 4.78 is 60.6. The molecule has 0 bridgehead atoms. The zero-order valence-corrected chi connectivity index (χ0v) is 23.1. The van der Waals surface area contributed by atoms with Crippen molar-refractivity contribution in [3.05, 3.63) is 30.1 Å². The minimum absolute atomic E-state index is 0.0518. The van der Waals surface area contributed by atoms with Gasteiger partial charge in [-0.1, -0.05) is 0 Å². The number of ether oxygens (including phenoxy) is 1. The smallest absolute Gasteiger partial charge is 0.274 e. The maximum Gasteiger partial charge on any atom is 0.274 e. The number of aliphatic hydroxyl groups excluding tert-OH is 1. The average molecular weight is 581 g/mol. The fraction of sp³-hybridized carbons (Fsp3) is 0.577. The molecule has 0 aromatic carbocycles. The molecule has 1 amide bonds. The number of amides is 1. The molecule has 5 rings (SSSR count). The number of hydrogen-bond donors (Lipinski definition) is 3. The topological polar surface area (TPSA) is 137 Å². The summed E-state index contributed by atoms with van der Waals surface area (Å²) in [5.41, 5.74) is 1.28. The van der Waals surface area contributed by atoms with Crippen LogP contribution in [0, 0.1) is 5.41 Å². The Morgan fingerprint density at radius 1 is 1.07 bits per heavy atom. The van der Waals surface area contributed by atoms with Crippen molar-refractivity contribution in [3.8, 4) is 5.75 Å². The van der Waals surface area contributed by atoms with Crippen molar-refractivity contribution in [2.45, 2.75) is 49.5 Å². The van der Waals surface area contributed by atoms with Gasteiger partial charge in [-0.05, 0) is 43.2 Å². The fourth-order valence-corrected chi connectivity index (χ4v) is 6.23. The summed E-state index contributed by atoms with van der Waals surface area (Å²) in [7, 11) is -2.52. The molecule has 0 radical (unpaired) electrons. The lowest BCUT2D eigenvalue weighted by atomic mass is 9.93. The molecule has 1 saturated carbocycles. The first-order chi connectivity index (χ1) is 19.0. The Labute approximate surface area is 232 Å². The molecule has 14 heteroatoms. The molecule has 0 atom stereocenters. The van der Waals surface area contributed by atoms with E-state index in [1.165, 1.54) is 38.3 Å². The van der Waals surface area contributed by atoms with Crippen LogP contribution >= 0.6 is 0 Å². The molecule has 1 aliphatic carbocycles. The Hall–Kier alpha value is -3.10. The third-order valence-corrected chi connectivity index (χ3v) is 9.35. The van der Waals surface area contributed by atoms with Gasteiger partial charge in [0.05, 0.1) is 31.3 Å². The van der Waals surface area contributed by atoms with Crippen molar-refractivity contribution in [3.63, 3.8) is 0 Å². The number of alkyl halides is 2. The largest absolute Gasteiger partial charge is 0.493 e. The van der Waals surface area contributed by atoms with Crippen LogP contribution in [-0.4, -0.2) is 81.8 Å². The van der Waals surface area contributed by atoms with Crippen molar-refractivity contribution < 1.29 is 31.8 Å². The lowest BCUT2D eigenvalue weighted by Gasteiger charge is -2.35. The second kappa shape index (κ2) is 11.1. The maximum absolute atomic E-state index is 13.7. The van der Waals surface area contributed by atoms with Gasteiger partial charge < -0.3 is 25.0 Å². The molecule has 3 N–H and O–H groups in total. The number of carbonyl (C=O) groups is 1. The summed E-state index contributed by atoms with van der Waals surface area (Å²) in [6.45, 7) is 1.07. The van der Waals surface area contributed by atoms with E-state index in [0.717, 1.165) is 12.8 Å². The van der Waals surface area contributed by atoms with E-state index in [4.69, 9.17) is 9.84 Å². The molecular formula is C26H34F2N6O5S. The first-order valence-electron chi connectivity index (χ1n) is 13.4. The number of nitrogens with one attached hydrogen (secondary N) is 2. The molecule has 3 aliphatic rings. The standard InChI is InChI=1S/C26H34F2N6O5S/c1-39-21-3-2-18(31-23(21)34-13-8-26(27,28)9-14-34)24(36)32-19-17-29-22(40(37,38)30-10-15-35)16-20(19)33-11-6-25(4-5-25)7-12-33/h2-3,16-17,30,35H,4-15H2,1H3,(H,32,36). The molecule has 11 nitrogen and oxygen atoms in total. The Kier molecular flexibility index (Phi) is 7.86. The Bertz CT molecular complexity index is 1350. The zero-order chi connectivity index (χ0) is 28.5. The molecule has 2 aromatic heterocycles. The summed E-state index contributed by atoms with van der Waals surface area (Å²) in [5.74, 6) is -2.61. The predicted octanol–water partition coefficient (Wildman–Crippen LogP) is 2.62. The third kappa shape index (κ3) is 6.13. The van der Waals surface area contributed by atoms with E-state index in [-0.39, 0.29) is 49.8 Å². The van der Waals surface area contributed by atoms with Gasteiger partial charge in [-0.3, -0.25) is 4.79 Å². The lowest BCUT2D eigenvalue weighted by molar-refractivity contribution is -0.0222. The van der Waals surface area contributed by atoms with Crippen molar-refractivity contribution in [2.24, 2.45) is 5.41 Å². The first-order valence-corrected chi connectivity index (χ1v) is 14.9. The highest BCUT2D eigenvalue weighted by Gasteiger charge is 2.44. The molecular weight excluding hydrogens is 546 g/mol. The number of halogens is 2. The first kappa shape index (κ1) is 28.4. The van der Waals surface area contributed by atoms with Crippen molar-refractivity contribution >= 4 is 33.1 Å². The van der Waals surface area contributed by atoms with Gasteiger partial charge in [-0.25, -0.2) is 31.9 Å². The summed E-state index contributed by atoms with van der Waals surface area (Å²) in [5, 5.41) is 11.7. The van der Waals surface area contributed by atoms with Crippen molar-refractivity contribution in [1.29, 1.82) is 0 Å². The van der Waals surface area contributed by atoms with Crippen LogP contribution in [-0.2, 0) is 10.0 Å². The van der Waals surface area contributed by atoms with Gasteiger partial charge in [0.25, 0.3) is 21.9 Å². The van der Waals surface area contributed by atoms with Gasteiger partial charge in [0.1, 0.15) is 5.69 Å². The van der Waals surface area contributed by atoms with Gasteiger partial charge in [0, 0.05) is 51.6 Å². The van der Waals surface area contributed by atoms with Crippen LogP contribution in [0.2, 0.25) is 0 Å². The predicted molar refractivity (Wildman–Crippen MR) is 145 cm³/mol. The number of rotatable bonds is 9. The number of pyridine rings is 2. The van der Waals surface area contributed by atoms with E-state index >= 15 is 0 Å². The second-order valence-corrected chi connectivity index (χ2v) is 12.4. The van der Waals surface area contributed by atoms with Gasteiger partial charge in [0.2, 0.25) is 0 Å². The Balaban J connectivity index is 1.41. The van der Waals surface area contributed by atoms with E-state index in [0.29, 0.717) is 41.4 Å². The van der Waals surface area contributed by atoms with Crippen LogP contribution in [0.4, 0.5) is 26.0 Å². The minimum atomic E-state index is -3.97. The SMILES string of the molecule is COc1ccc(C(=O)Nc2cnc(S(=O)(=O)NCCO)cc2N2CCC3(CC2)CC3)nc1N1CCC(F)(F)CC1. The molecule has 1 spiro atoms. The van der Waals surface area contributed by atoms with Gasteiger partial charge in [-0.2, -0.15) is 0 Å². The fourth-order valence-electron chi connectivity index (χ4n) is 5.26. The van der Waals surface area contributed by atoms with Gasteiger partial charge >= 0.3 is 0 Å². The number of aliphatic hydroxyl groups is 1. The van der Waals surface area contributed by atoms with Crippen LogP contribution in [0.15, 0.2) is 29.4 Å². The summed E-state index contributed by atoms with van der Waals surface area (Å²) in [6.07, 6.45) is 5.03. The number of aromatic nitrogens is 2. The number of hydrogen-bond acceptors (Lipinski definition) is 9. The van der Waals surface area contributed by atoms with E-state index in [1.54, 1.807) is 11.0 Å². The highest BCUT2D eigenvalue weighted by molar-refractivity contribution is 7.89. The molecule has 2 aromatic rings. The maximum atomic E-state index is 13.7.